The van der Waals surface area contributed by atoms with Gasteiger partial charge < -0.3 is 9.26 Å². The van der Waals surface area contributed by atoms with Crippen LogP contribution < -0.4 is 0 Å². The molecule has 0 radical (unpaired) electrons. The quantitative estimate of drug-likeness (QED) is 0.786. The highest BCUT2D eigenvalue weighted by Gasteiger charge is 2.16. The van der Waals surface area contributed by atoms with Crippen LogP contribution in [0.15, 0.2) is 16.7 Å². The van der Waals surface area contributed by atoms with Gasteiger partial charge in [0.15, 0.2) is 11.5 Å². The highest BCUT2D eigenvalue weighted by Crippen LogP contribution is 2.30. The van der Waals surface area contributed by atoms with Crippen molar-refractivity contribution in [3.8, 4) is 11.3 Å². The van der Waals surface area contributed by atoms with Gasteiger partial charge in [-0.25, -0.2) is 4.79 Å². The molecule has 0 bridgehead atoms. The smallest absolute Gasteiger partial charge is 0.360 e. The van der Waals surface area contributed by atoms with E-state index in [4.69, 9.17) is 9.26 Å². The zero-order valence-corrected chi connectivity index (χ0v) is 10.8. The minimum absolute atomic E-state index is 0.213. The number of aromatic nitrogens is 1. The Morgan fingerprint density at radius 1 is 1.47 bits per heavy atom. The molecule has 90 valence electrons. The Hall–Kier alpha value is -1.62. The molecule has 0 spiro atoms. The third kappa shape index (κ3) is 2.39. The first kappa shape index (κ1) is 11.9. The number of rotatable bonds is 3. The molecule has 0 aliphatic heterocycles. The van der Waals surface area contributed by atoms with Gasteiger partial charge in [0.1, 0.15) is 0 Å². The summed E-state index contributed by atoms with van der Waals surface area (Å²) in [6, 6.07) is 3.64. The average molecular weight is 251 g/mol. The predicted octanol–water partition coefficient (Wildman–Crippen LogP) is 3.20. The lowest BCUT2D eigenvalue weighted by atomic mass is 10.2. The molecule has 5 heteroatoms. The molecule has 0 aromatic carbocycles. The van der Waals surface area contributed by atoms with Crippen LogP contribution in [0.5, 0.6) is 0 Å². The Labute approximate surface area is 103 Å². The van der Waals surface area contributed by atoms with E-state index in [1.54, 1.807) is 24.3 Å². The van der Waals surface area contributed by atoms with E-state index < -0.39 is 5.97 Å². The van der Waals surface area contributed by atoms with Gasteiger partial charge in [-0.15, -0.1) is 11.3 Å². The van der Waals surface area contributed by atoms with E-state index in [-0.39, 0.29) is 5.69 Å². The van der Waals surface area contributed by atoms with Crippen molar-refractivity contribution in [1.82, 2.24) is 5.16 Å². The molecule has 0 saturated carbocycles. The molecule has 2 aromatic rings. The summed E-state index contributed by atoms with van der Waals surface area (Å²) in [5.41, 5.74) is 1.20. The molecule has 0 unspecified atom stereocenters. The van der Waals surface area contributed by atoms with E-state index in [0.717, 1.165) is 10.4 Å². The molecule has 2 heterocycles. The van der Waals surface area contributed by atoms with Crippen molar-refractivity contribution < 1.29 is 14.1 Å². The maximum atomic E-state index is 11.4. The fraction of sp³-hybridized carbons (Fsp3) is 0.333. The topological polar surface area (TPSA) is 52.3 Å². The Morgan fingerprint density at radius 2 is 2.24 bits per heavy atom. The molecule has 2 rings (SSSR count). The lowest BCUT2D eigenvalue weighted by Gasteiger charge is -1.94. The number of thiophene rings is 1. The lowest BCUT2D eigenvalue weighted by Crippen LogP contribution is -2.04. The summed E-state index contributed by atoms with van der Waals surface area (Å²) in [4.78, 5) is 13.8. The number of nitrogens with zero attached hydrogens (tertiary/aromatic N) is 1. The normalized spacial score (nSPS) is 10.5. The van der Waals surface area contributed by atoms with E-state index in [2.05, 4.69) is 5.16 Å². The molecule has 4 nitrogen and oxygen atoms in total. The minimum atomic E-state index is -0.452. The van der Waals surface area contributed by atoms with Gasteiger partial charge >= 0.3 is 5.97 Å². The van der Waals surface area contributed by atoms with Gasteiger partial charge in [-0.05, 0) is 26.8 Å². The van der Waals surface area contributed by atoms with E-state index in [1.807, 2.05) is 19.9 Å². The summed E-state index contributed by atoms with van der Waals surface area (Å²) >= 11 is 1.69. The summed E-state index contributed by atoms with van der Waals surface area (Å²) in [6.45, 7) is 6.13. The first-order valence-electron chi connectivity index (χ1n) is 5.33. The Morgan fingerprint density at radius 3 is 2.82 bits per heavy atom. The second-order valence-electron chi connectivity index (χ2n) is 3.62. The molecule has 0 saturated heterocycles. The molecular weight excluding hydrogens is 238 g/mol. The predicted molar refractivity (Wildman–Crippen MR) is 65.2 cm³/mol. The first-order chi connectivity index (χ1) is 8.11. The van der Waals surface area contributed by atoms with Crippen LogP contribution in [0.4, 0.5) is 0 Å². The van der Waals surface area contributed by atoms with Crippen LogP contribution in [0.3, 0.4) is 0 Å². The first-order valence-corrected chi connectivity index (χ1v) is 6.14. The van der Waals surface area contributed by atoms with E-state index >= 15 is 0 Å². The monoisotopic (exact) mass is 251 g/mol. The van der Waals surface area contributed by atoms with E-state index in [9.17, 15) is 4.79 Å². The van der Waals surface area contributed by atoms with Crippen LogP contribution in [0.1, 0.15) is 27.2 Å². The zero-order valence-electron chi connectivity index (χ0n) is 9.94. The summed E-state index contributed by atoms with van der Waals surface area (Å²) in [5, 5.41) is 3.72. The van der Waals surface area contributed by atoms with Gasteiger partial charge in [-0.3, -0.25) is 0 Å². The van der Waals surface area contributed by atoms with Gasteiger partial charge in [0, 0.05) is 21.4 Å². The molecule has 0 aliphatic carbocycles. The van der Waals surface area contributed by atoms with Crippen molar-refractivity contribution in [3.63, 3.8) is 0 Å². The summed E-state index contributed by atoms with van der Waals surface area (Å²) in [6.07, 6.45) is 0. The Kier molecular flexibility index (Phi) is 3.28. The number of carbonyl (C=O) groups excluding carboxylic acids is 1. The van der Waals surface area contributed by atoms with Crippen molar-refractivity contribution in [2.24, 2.45) is 0 Å². The number of carbonyl (C=O) groups is 1. The zero-order chi connectivity index (χ0) is 12.4. The molecule has 0 fully saturated rings. The highest BCUT2D eigenvalue weighted by atomic mass is 32.1. The Bertz CT molecular complexity index is 542. The second kappa shape index (κ2) is 4.71. The van der Waals surface area contributed by atoms with Gasteiger partial charge in [-0.2, -0.15) is 0 Å². The number of aryl methyl sites for hydroxylation is 2. The summed E-state index contributed by atoms with van der Waals surface area (Å²) in [7, 11) is 0. The largest absolute Gasteiger partial charge is 0.461 e. The number of hydrogen-bond acceptors (Lipinski definition) is 5. The van der Waals surface area contributed by atoms with Crippen molar-refractivity contribution in [2.75, 3.05) is 6.61 Å². The van der Waals surface area contributed by atoms with Crippen LogP contribution in [0, 0.1) is 13.8 Å². The van der Waals surface area contributed by atoms with Crippen LogP contribution in [-0.2, 0) is 4.74 Å². The molecular formula is C12H13NO3S. The molecule has 0 aliphatic rings. The van der Waals surface area contributed by atoms with Crippen LogP contribution in [0.25, 0.3) is 11.3 Å². The van der Waals surface area contributed by atoms with Crippen LogP contribution in [0.2, 0.25) is 0 Å². The van der Waals surface area contributed by atoms with Crippen LogP contribution in [-0.4, -0.2) is 17.7 Å². The number of ether oxygens (including phenoxy) is 1. The lowest BCUT2D eigenvalue weighted by molar-refractivity contribution is 0.0514. The highest BCUT2D eigenvalue weighted by molar-refractivity contribution is 7.12. The molecule has 0 N–H and O–H groups in total. The maximum absolute atomic E-state index is 11.4. The maximum Gasteiger partial charge on any atom is 0.360 e. The minimum Gasteiger partial charge on any atom is -0.461 e. The molecule has 0 amide bonds. The number of esters is 1. The van der Waals surface area contributed by atoms with Crippen molar-refractivity contribution >= 4 is 17.3 Å². The van der Waals surface area contributed by atoms with Crippen molar-refractivity contribution in [1.29, 1.82) is 0 Å². The third-order valence-electron chi connectivity index (χ3n) is 2.30. The van der Waals surface area contributed by atoms with E-state index in [0.29, 0.717) is 12.4 Å². The van der Waals surface area contributed by atoms with Crippen molar-refractivity contribution in [2.45, 2.75) is 20.8 Å². The van der Waals surface area contributed by atoms with Crippen LogP contribution >= 0.6 is 11.3 Å². The van der Waals surface area contributed by atoms with Crippen molar-refractivity contribution in [3.05, 3.63) is 27.6 Å². The fourth-order valence-corrected chi connectivity index (χ4v) is 2.51. The number of hydrogen-bond donors (Lipinski definition) is 0. The van der Waals surface area contributed by atoms with Gasteiger partial charge in [0.2, 0.25) is 0 Å². The van der Waals surface area contributed by atoms with Gasteiger partial charge in [0.05, 0.1) is 6.61 Å². The van der Waals surface area contributed by atoms with Gasteiger partial charge in [-0.1, -0.05) is 5.16 Å². The van der Waals surface area contributed by atoms with Gasteiger partial charge in [0.25, 0.3) is 0 Å². The standard InChI is InChI=1S/C12H13NO3S/c1-4-15-12(14)10-6-11(16-13-10)9-5-7(2)17-8(9)3/h5-6H,4H2,1-3H3. The summed E-state index contributed by atoms with van der Waals surface area (Å²) in [5.74, 6) is 0.155. The SMILES string of the molecule is CCOC(=O)c1cc(-c2cc(C)sc2C)on1. The molecule has 0 atom stereocenters. The molecule has 17 heavy (non-hydrogen) atoms. The van der Waals surface area contributed by atoms with E-state index in [1.165, 1.54) is 4.88 Å². The fourth-order valence-electron chi connectivity index (χ4n) is 1.58. The summed E-state index contributed by atoms with van der Waals surface area (Å²) < 4.78 is 10.0. The second-order valence-corrected chi connectivity index (χ2v) is 5.08. The molecule has 2 aromatic heterocycles. The Balaban J connectivity index is 2.30. The third-order valence-corrected chi connectivity index (χ3v) is 3.27. The average Bonchev–Trinajstić information content (AvgIpc) is 2.85.